The minimum atomic E-state index is -0.121. The van der Waals surface area contributed by atoms with Crippen LogP contribution in [0.15, 0.2) is 0 Å². The summed E-state index contributed by atoms with van der Waals surface area (Å²) in [4.78, 5) is 11.3. The maximum absolute atomic E-state index is 11.3. The monoisotopic (exact) mass is 359 g/mol. The summed E-state index contributed by atoms with van der Waals surface area (Å²) in [6.45, 7) is 7.70. The Morgan fingerprint density at radius 2 is 1.73 bits per heavy atom. The largest absolute Gasteiger partial charge is 0.370 e. The Labute approximate surface area is 161 Å². The summed E-state index contributed by atoms with van der Waals surface area (Å²) in [7, 11) is 0. The fraction of sp³-hybridized carbons (Fsp3) is 0.958. The van der Waals surface area contributed by atoms with Gasteiger partial charge in [-0.05, 0) is 104 Å². The van der Waals surface area contributed by atoms with Crippen LogP contribution < -0.4 is 5.73 Å². The molecule has 8 atom stereocenters. The van der Waals surface area contributed by atoms with Gasteiger partial charge in [-0.2, -0.15) is 0 Å². The molecule has 4 saturated carbocycles. The average Bonchev–Trinajstić information content (AvgIpc) is 2.96. The Morgan fingerprint density at radius 3 is 2.50 bits per heavy atom. The van der Waals surface area contributed by atoms with Crippen LogP contribution in [0.4, 0.5) is 0 Å². The second-order valence-electron chi connectivity index (χ2n) is 11.1. The quantitative estimate of drug-likeness (QED) is 0.663. The van der Waals surface area contributed by atoms with Crippen molar-refractivity contribution in [3.8, 4) is 0 Å². The lowest BCUT2D eigenvalue weighted by Crippen LogP contribution is -2.53. The van der Waals surface area contributed by atoms with Crippen molar-refractivity contribution >= 4 is 5.91 Å². The predicted octanol–water partition coefficient (Wildman–Crippen LogP) is 5.94. The van der Waals surface area contributed by atoms with E-state index in [1.54, 1.807) is 0 Å². The van der Waals surface area contributed by atoms with Gasteiger partial charge in [0.25, 0.3) is 0 Å². The molecule has 0 aliphatic heterocycles. The highest BCUT2D eigenvalue weighted by Crippen LogP contribution is 2.68. The third-order valence-electron chi connectivity index (χ3n) is 10.2. The molecule has 1 amide bonds. The van der Waals surface area contributed by atoms with Crippen molar-refractivity contribution in [3.05, 3.63) is 0 Å². The number of rotatable bonds is 4. The highest BCUT2D eigenvalue weighted by Gasteiger charge is 2.60. The van der Waals surface area contributed by atoms with Crippen molar-refractivity contribution in [2.45, 2.75) is 97.8 Å². The van der Waals surface area contributed by atoms with Crippen molar-refractivity contribution in [1.82, 2.24) is 0 Å². The van der Waals surface area contributed by atoms with Crippen LogP contribution in [0.3, 0.4) is 0 Å². The molecule has 0 saturated heterocycles. The van der Waals surface area contributed by atoms with Crippen molar-refractivity contribution in [3.63, 3.8) is 0 Å². The van der Waals surface area contributed by atoms with E-state index in [1.165, 1.54) is 64.2 Å². The first kappa shape index (κ1) is 18.8. The lowest BCUT2D eigenvalue weighted by Gasteiger charge is -2.61. The molecule has 0 aromatic carbocycles. The molecule has 0 aromatic heterocycles. The number of primary amides is 1. The predicted molar refractivity (Wildman–Crippen MR) is 107 cm³/mol. The maximum atomic E-state index is 11.3. The van der Waals surface area contributed by atoms with Gasteiger partial charge >= 0.3 is 0 Å². The van der Waals surface area contributed by atoms with Crippen LogP contribution in [0.1, 0.15) is 97.8 Å². The van der Waals surface area contributed by atoms with E-state index in [0.717, 1.165) is 36.0 Å². The molecule has 2 heteroatoms. The molecule has 2 N–H and O–H groups in total. The van der Waals surface area contributed by atoms with Crippen LogP contribution >= 0.6 is 0 Å². The van der Waals surface area contributed by atoms with Crippen LogP contribution in [0.5, 0.6) is 0 Å². The zero-order valence-electron chi connectivity index (χ0n) is 17.4. The lowest BCUT2D eigenvalue weighted by atomic mass is 9.44. The first-order chi connectivity index (χ1) is 12.4. The number of hydrogen-bond donors (Lipinski definition) is 1. The summed E-state index contributed by atoms with van der Waals surface area (Å²) >= 11 is 0. The van der Waals surface area contributed by atoms with E-state index < -0.39 is 0 Å². The van der Waals surface area contributed by atoms with Crippen LogP contribution in [0.25, 0.3) is 0 Å². The second kappa shape index (κ2) is 6.82. The number of nitrogens with two attached hydrogens (primary N) is 1. The zero-order valence-corrected chi connectivity index (χ0v) is 17.4. The summed E-state index contributed by atoms with van der Waals surface area (Å²) in [5.74, 6) is 5.29. The molecule has 148 valence electrons. The van der Waals surface area contributed by atoms with Crippen LogP contribution in [0.2, 0.25) is 0 Å². The highest BCUT2D eigenvalue weighted by molar-refractivity contribution is 5.73. The van der Waals surface area contributed by atoms with E-state index >= 15 is 0 Å². The molecule has 0 spiro atoms. The van der Waals surface area contributed by atoms with Gasteiger partial charge in [0.05, 0.1) is 0 Å². The minimum absolute atomic E-state index is 0.121. The third kappa shape index (κ3) is 2.85. The van der Waals surface area contributed by atoms with Gasteiger partial charge in [0, 0.05) is 6.42 Å². The molecule has 4 aliphatic carbocycles. The molecule has 4 aliphatic rings. The number of amides is 1. The van der Waals surface area contributed by atoms with E-state index in [0.29, 0.717) is 23.2 Å². The normalized spacial score (nSPS) is 49.0. The number of fused-ring (bicyclic) bond motifs is 5. The summed E-state index contributed by atoms with van der Waals surface area (Å²) in [6, 6.07) is 0. The number of hydrogen-bond acceptors (Lipinski definition) is 1. The molecule has 2 nitrogen and oxygen atoms in total. The van der Waals surface area contributed by atoms with Gasteiger partial charge in [0.1, 0.15) is 0 Å². The molecule has 0 bridgehead atoms. The van der Waals surface area contributed by atoms with Gasteiger partial charge in [-0.3, -0.25) is 4.79 Å². The first-order valence-corrected chi connectivity index (χ1v) is 11.6. The van der Waals surface area contributed by atoms with Crippen LogP contribution in [-0.2, 0) is 4.79 Å². The Bertz CT molecular complexity index is 544. The topological polar surface area (TPSA) is 43.1 Å². The van der Waals surface area contributed by atoms with Crippen molar-refractivity contribution in [2.24, 2.45) is 52.1 Å². The Morgan fingerprint density at radius 1 is 0.962 bits per heavy atom. The molecule has 4 fully saturated rings. The second-order valence-corrected chi connectivity index (χ2v) is 11.1. The molecule has 0 heterocycles. The fourth-order valence-electron chi connectivity index (χ4n) is 8.84. The fourth-order valence-corrected chi connectivity index (χ4v) is 8.84. The lowest BCUT2D eigenvalue weighted by molar-refractivity contribution is -0.119. The van der Waals surface area contributed by atoms with Crippen LogP contribution in [0, 0.1) is 46.3 Å². The van der Waals surface area contributed by atoms with Gasteiger partial charge in [-0.15, -0.1) is 0 Å². The average molecular weight is 360 g/mol. The minimum Gasteiger partial charge on any atom is -0.370 e. The van der Waals surface area contributed by atoms with Gasteiger partial charge in [-0.1, -0.05) is 33.6 Å². The number of carbonyl (C=O) groups excluding carboxylic acids is 1. The van der Waals surface area contributed by atoms with E-state index in [9.17, 15) is 4.79 Å². The summed E-state index contributed by atoms with van der Waals surface area (Å²) in [6.07, 6.45) is 16.3. The summed E-state index contributed by atoms with van der Waals surface area (Å²) in [5, 5.41) is 0. The Balaban J connectivity index is 1.52. The van der Waals surface area contributed by atoms with Gasteiger partial charge in [-0.25, -0.2) is 0 Å². The number of carbonyl (C=O) groups is 1. The molecule has 4 rings (SSSR count). The first-order valence-electron chi connectivity index (χ1n) is 11.6. The SMILES string of the molecule is C[C@H](CCC(N)=O)[C@H]1CCC2C3CCC4CCCC[C@]4(C)C3CC[C@@]21C. The molecule has 0 radical (unpaired) electrons. The van der Waals surface area contributed by atoms with E-state index in [2.05, 4.69) is 20.8 Å². The molecule has 4 unspecified atom stereocenters. The van der Waals surface area contributed by atoms with Crippen molar-refractivity contribution < 1.29 is 4.79 Å². The van der Waals surface area contributed by atoms with Gasteiger partial charge in [0.15, 0.2) is 0 Å². The molecular weight excluding hydrogens is 318 g/mol. The van der Waals surface area contributed by atoms with Crippen LogP contribution in [-0.4, -0.2) is 5.91 Å². The smallest absolute Gasteiger partial charge is 0.217 e. The third-order valence-corrected chi connectivity index (χ3v) is 10.2. The standard InChI is InChI=1S/C24H41NO/c1-16(7-12-22(25)26)19-10-11-20-18-9-8-17-6-4-5-14-23(17,2)21(18)13-15-24(19,20)3/h16-21H,4-15H2,1-3H3,(H2,25,26)/t16-,17?,18?,19-,20?,21?,23+,24-/m1/s1. The van der Waals surface area contributed by atoms with Crippen molar-refractivity contribution in [2.75, 3.05) is 0 Å². The summed E-state index contributed by atoms with van der Waals surface area (Å²) < 4.78 is 0. The van der Waals surface area contributed by atoms with E-state index in [4.69, 9.17) is 5.73 Å². The molecular formula is C24H41NO. The van der Waals surface area contributed by atoms with E-state index in [1.807, 2.05) is 0 Å². The van der Waals surface area contributed by atoms with Gasteiger partial charge in [0.2, 0.25) is 5.91 Å². The molecule has 26 heavy (non-hydrogen) atoms. The zero-order chi connectivity index (χ0) is 18.5. The van der Waals surface area contributed by atoms with Gasteiger partial charge < -0.3 is 5.73 Å². The summed E-state index contributed by atoms with van der Waals surface area (Å²) in [5.41, 5.74) is 6.60. The highest BCUT2D eigenvalue weighted by atomic mass is 16.1. The Hall–Kier alpha value is -0.530. The van der Waals surface area contributed by atoms with Crippen molar-refractivity contribution in [1.29, 1.82) is 0 Å². The Kier molecular flexibility index (Phi) is 4.93. The maximum Gasteiger partial charge on any atom is 0.217 e. The molecule has 0 aromatic rings. The van der Waals surface area contributed by atoms with E-state index in [-0.39, 0.29) is 5.91 Å².